The van der Waals surface area contributed by atoms with Gasteiger partial charge in [0.25, 0.3) is 0 Å². The van der Waals surface area contributed by atoms with E-state index in [1.54, 1.807) is 0 Å². The van der Waals surface area contributed by atoms with Crippen molar-refractivity contribution in [1.82, 2.24) is 10.2 Å². The van der Waals surface area contributed by atoms with Crippen LogP contribution in [-0.2, 0) is 6.54 Å². The summed E-state index contributed by atoms with van der Waals surface area (Å²) in [6.07, 6.45) is 0. The molecule has 1 rings (SSSR count). The molecule has 2 nitrogen and oxygen atoms in total. The highest BCUT2D eigenvalue weighted by molar-refractivity contribution is 5.25. The van der Waals surface area contributed by atoms with Gasteiger partial charge >= 0.3 is 0 Å². The molecule has 1 aromatic rings. The van der Waals surface area contributed by atoms with Gasteiger partial charge in [-0.15, -0.1) is 0 Å². The highest BCUT2D eigenvalue weighted by Crippen LogP contribution is 2.15. The molecule has 0 aliphatic rings. The van der Waals surface area contributed by atoms with E-state index in [1.165, 1.54) is 11.1 Å². The second-order valence-corrected chi connectivity index (χ2v) is 6.61. The Morgan fingerprint density at radius 3 is 2.30 bits per heavy atom. The molecule has 0 heterocycles. The lowest BCUT2D eigenvalue weighted by Crippen LogP contribution is -2.39. The molecular formula is C18H32N2. The van der Waals surface area contributed by atoms with E-state index >= 15 is 0 Å². The number of hydrogen-bond donors (Lipinski definition) is 1. The Labute approximate surface area is 125 Å². The third kappa shape index (κ3) is 5.64. The molecule has 0 spiro atoms. The summed E-state index contributed by atoms with van der Waals surface area (Å²) in [6, 6.07) is 9.26. The van der Waals surface area contributed by atoms with Crippen LogP contribution in [-0.4, -0.2) is 31.1 Å². The quantitative estimate of drug-likeness (QED) is 0.779. The van der Waals surface area contributed by atoms with Crippen LogP contribution in [0.1, 0.15) is 38.8 Å². The zero-order chi connectivity index (χ0) is 15.1. The number of aryl methyl sites for hydroxylation is 1. The Morgan fingerprint density at radius 1 is 1.05 bits per heavy atom. The maximum atomic E-state index is 3.57. The molecule has 0 aliphatic heterocycles. The first-order chi connectivity index (χ1) is 9.41. The fraction of sp³-hybridized carbons (Fsp3) is 0.667. The first kappa shape index (κ1) is 17.2. The normalized spacial score (nSPS) is 14.8. The molecule has 0 aromatic heterocycles. The third-order valence-electron chi connectivity index (χ3n) is 4.22. The number of hydrogen-bond acceptors (Lipinski definition) is 2. The minimum Gasteiger partial charge on any atom is -0.316 e. The van der Waals surface area contributed by atoms with Gasteiger partial charge in [-0.2, -0.15) is 0 Å². The van der Waals surface area contributed by atoms with Gasteiger partial charge in [0.2, 0.25) is 0 Å². The van der Waals surface area contributed by atoms with Crippen LogP contribution in [0.3, 0.4) is 0 Å². The van der Waals surface area contributed by atoms with Crippen LogP contribution in [0.15, 0.2) is 24.3 Å². The Morgan fingerprint density at radius 2 is 1.70 bits per heavy atom. The van der Waals surface area contributed by atoms with Crippen molar-refractivity contribution in [3.05, 3.63) is 35.4 Å². The number of rotatable bonds is 8. The van der Waals surface area contributed by atoms with Crippen LogP contribution < -0.4 is 5.32 Å². The van der Waals surface area contributed by atoms with Crippen LogP contribution in [0.5, 0.6) is 0 Å². The lowest BCUT2D eigenvalue weighted by atomic mass is 10.0. The highest BCUT2D eigenvalue weighted by atomic mass is 15.1. The number of nitrogens with one attached hydrogen (secondary N) is 1. The minimum absolute atomic E-state index is 0.578. The molecule has 2 heteroatoms. The SMILES string of the molecule is Cc1ccccc1CN(C)C(C)C(C)CNCC(C)C. The predicted molar refractivity (Wildman–Crippen MR) is 89.0 cm³/mol. The monoisotopic (exact) mass is 276 g/mol. The summed E-state index contributed by atoms with van der Waals surface area (Å²) in [6.45, 7) is 14.6. The fourth-order valence-corrected chi connectivity index (χ4v) is 2.40. The molecule has 0 aliphatic carbocycles. The van der Waals surface area contributed by atoms with E-state index in [1.807, 2.05) is 0 Å². The summed E-state index contributed by atoms with van der Waals surface area (Å²) in [5.41, 5.74) is 2.82. The van der Waals surface area contributed by atoms with Gasteiger partial charge in [-0.1, -0.05) is 45.0 Å². The van der Waals surface area contributed by atoms with Crippen molar-refractivity contribution in [3.8, 4) is 0 Å². The predicted octanol–water partition coefficient (Wildman–Crippen LogP) is 3.70. The lowest BCUT2D eigenvalue weighted by Gasteiger charge is -2.30. The maximum Gasteiger partial charge on any atom is 0.0236 e. The molecule has 114 valence electrons. The highest BCUT2D eigenvalue weighted by Gasteiger charge is 2.17. The minimum atomic E-state index is 0.578. The molecule has 2 atom stereocenters. The molecule has 20 heavy (non-hydrogen) atoms. The lowest BCUT2D eigenvalue weighted by molar-refractivity contribution is 0.187. The van der Waals surface area contributed by atoms with Crippen molar-refractivity contribution in [2.24, 2.45) is 11.8 Å². The van der Waals surface area contributed by atoms with Crippen molar-refractivity contribution in [2.45, 2.75) is 47.2 Å². The molecule has 0 radical (unpaired) electrons. The van der Waals surface area contributed by atoms with Gasteiger partial charge in [0.1, 0.15) is 0 Å². The van der Waals surface area contributed by atoms with Crippen LogP contribution in [0, 0.1) is 18.8 Å². The molecular weight excluding hydrogens is 244 g/mol. The van der Waals surface area contributed by atoms with Gasteiger partial charge in [-0.25, -0.2) is 0 Å². The van der Waals surface area contributed by atoms with Gasteiger partial charge in [0.15, 0.2) is 0 Å². The number of benzene rings is 1. The Kier molecular flexibility index (Phi) is 7.25. The second-order valence-electron chi connectivity index (χ2n) is 6.61. The van der Waals surface area contributed by atoms with Crippen molar-refractivity contribution in [3.63, 3.8) is 0 Å². The first-order valence-corrected chi connectivity index (χ1v) is 7.87. The van der Waals surface area contributed by atoms with Crippen molar-refractivity contribution >= 4 is 0 Å². The Bertz CT molecular complexity index is 387. The van der Waals surface area contributed by atoms with E-state index in [9.17, 15) is 0 Å². The Balaban J connectivity index is 2.45. The zero-order valence-electron chi connectivity index (χ0n) is 14.1. The average molecular weight is 276 g/mol. The second kappa shape index (κ2) is 8.43. The zero-order valence-corrected chi connectivity index (χ0v) is 14.1. The first-order valence-electron chi connectivity index (χ1n) is 7.87. The molecule has 2 unspecified atom stereocenters. The number of nitrogens with zero attached hydrogens (tertiary/aromatic N) is 1. The maximum absolute atomic E-state index is 3.57. The summed E-state index contributed by atoms with van der Waals surface area (Å²) in [4.78, 5) is 2.46. The summed E-state index contributed by atoms with van der Waals surface area (Å²) in [5.74, 6) is 1.38. The summed E-state index contributed by atoms with van der Waals surface area (Å²) < 4.78 is 0. The van der Waals surface area contributed by atoms with Gasteiger partial charge in [-0.3, -0.25) is 4.90 Å². The summed E-state index contributed by atoms with van der Waals surface area (Å²) in [7, 11) is 2.23. The molecule has 0 amide bonds. The fourth-order valence-electron chi connectivity index (χ4n) is 2.40. The van der Waals surface area contributed by atoms with E-state index in [0.29, 0.717) is 12.0 Å². The van der Waals surface area contributed by atoms with E-state index < -0.39 is 0 Å². The van der Waals surface area contributed by atoms with E-state index in [2.05, 4.69) is 76.1 Å². The van der Waals surface area contributed by atoms with Gasteiger partial charge < -0.3 is 5.32 Å². The van der Waals surface area contributed by atoms with Crippen LogP contribution >= 0.6 is 0 Å². The smallest absolute Gasteiger partial charge is 0.0236 e. The van der Waals surface area contributed by atoms with Crippen molar-refractivity contribution in [1.29, 1.82) is 0 Å². The molecule has 0 saturated carbocycles. The topological polar surface area (TPSA) is 15.3 Å². The average Bonchev–Trinajstić information content (AvgIpc) is 2.39. The van der Waals surface area contributed by atoms with Gasteiger partial charge in [0.05, 0.1) is 0 Å². The van der Waals surface area contributed by atoms with Gasteiger partial charge in [-0.05, 0) is 56.9 Å². The molecule has 0 bridgehead atoms. The van der Waals surface area contributed by atoms with Crippen LogP contribution in [0.2, 0.25) is 0 Å². The van der Waals surface area contributed by atoms with E-state index in [4.69, 9.17) is 0 Å². The third-order valence-corrected chi connectivity index (χ3v) is 4.22. The van der Waals surface area contributed by atoms with Crippen LogP contribution in [0.4, 0.5) is 0 Å². The van der Waals surface area contributed by atoms with E-state index in [-0.39, 0.29) is 0 Å². The van der Waals surface area contributed by atoms with Crippen LogP contribution in [0.25, 0.3) is 0 Å². The van der Waals surface area contributed by atoms with E-state index in [0.717, 1.165) is 25.6 Å². The largest absolute Gasteiger partial charge is 0.316 e. The summed E-state index contributed by atoms with van der Waals surface area (Å²) >= 11 is 0. The summed E-state index contributed by atoms with van der Waals surface area (Å²) in [5, 5.41) is 3.57. The molecule has 1 N–H and O–H groups in total. The van der Waals surface area contributed by atoms with Gasteiger partial charge in [0, 0.05) is 12.6 Å². The molecule has 0 fully saturated rings. The van der Waals surface area contributed by atoms with Crippen molar-refractivity contribution < 1.29 is 0 Å². The molecule has 1 aromatic carbocycles. The standard InChI is InChI=1S/C18H32N2/c1-14(2)11-19-12-16(4)17(5)20(6)13-18-10-8-7-9-15(18)3/h7-10,14,16-17,19H,11-13H2,1-6H3. The van der Waals surface area contributed by atoms with Crippen molar-refractivity contribution in [2.75, 3.05) is 20.1 Å². The Hall–Kier alpha value is -0.860. The molecule has 0 saturated heterocycles.